The first-order valence-corrected chi connectivity index (χ1v) is 15.1. The van der Waals surface area contributed by atoms with Gasteiger partial charge in [0.15, 0.2) is 17.7 Å². The van der Waals surface area contributed by atoms with Crippen LogP contribution in [0.4, 0.5) is 19.5 Å². The highest BCUT2D eigenvalue weighted by molar-refractivity contribution is 7.92. The van der Waals surface area contributed by atoms with E-state index in [0.717, 1.165) is 29.3 Å². The fraction of sp³-hybridized carbons (Fsp3) is 0.321. The summed E-state index contributed by atoms with van der Waals surface area (Å²) < 4.78 is 64.6. The lowest BCUT2D eigenvalue weighted by atomic mass is 9.88. The Morgan fingerprint density at radius 3 is 2.56 bits per heavy atom. The van der Waals surface area contributed by atoms with Crippen LogP contribution in [-0.4, -0.2) is 39.0 Å². The van der Waals surface area contributed by atoms with Crippen LogP contribution in [0.1, 0.15) is 58.3 Å². The zero-order valence-corrected chi connectivity index (χ0v) is 24.1. The van der Waals surface area contributed by atoms with E-state index < -0.39 is 50.5 Å². The van der Waals surface area contributed by atoms with E-state index in [9.17, 15) is 31.6 Å². The molecule has 2 aromatic carbocycles. The standard InChI is InChI=1S/C28H28F2N2O7S2/c1-4-38-28(35)24-20-10-8-15(2)12-23(20)40-26(24)31-25(33)16(3)39-27(34)17-6-5-7-18(13-17)32-41(36,37)19-9-11-21(29)22(30)14-19/h5-7,9,11,13-16,32H,4,8,10,12H2,1-3H3,(H,31,33). The van der Waals surface area contributed by atoms with Crippen LogP contribution in [0.5, 0.6) is 0 Å². The second-order valence-electron chi connectivity index (χ2n) is 9.58. The number of benzene rings is 2. The van der Waals surface area contributed by atoms with E-state index >= 15 is 0 Å². The van der Waals surface area contributed by atoms with Crippen molar-refractivity contribution < 1.29 is 41.1 Å². The number of rotatable bonds is 9. The Hall–Kier alpha value is -3.84. The van der Waals surface area contributed by atoms with Gasteiger partial charge < -0.3 is 14.8 Å². The van der Waals surface area contributed by atoms with E-state index in [2.05, 4.69) is 17.0 Å². The monoisotopic (exact) mass is 606 g/mol. The van der Waals surface area contributed by atoms with Crippen molar-refractivity contribution in [3.8, 4) is 0 Å². The van der Waals surface area contributed by atoms with Gasteiger partial charge in [0, 0.05) is 10.6 Å². The number of anilines is 2. The van der Waals surface area contributed by atoms with E-state index in [-0.39, 0.29) is 17.9 Å². The molecule has 1 aliphatic carbocycles. The molecule has 0 saturated carbocycles. The molecule has 0 radical (unpaired) electrons. The van der Waals surface area contributed by atoms with Crippen molar-refractivity contribution in [3.05, 3.63) is 75.7 Å². The number of ether oxygens (including phenoxy) is 2. The summed E-state index contributed by atoms with van der Waals surface area (Å²) in [6, 6.07) is 7.39. The molecule has 2 N–H and O–H groups in total. The number of hydrogen-bond acceptors (Lipinski definition) is 8. The van der Waals surface area contributed by atoms with Gasteiger partial charge in [-0.25, -0.2) is 26.8 Å². The molecule has 41 heavy (non-hydrogen) atoms. The van der Waals surface area contributed by atoms with E-state index in [4.69, 9.17) is 9.47 Å². The lowest BCUT2D eigenvalue weighted by Gasteiger charge is -2.18. The van der Waals surface area contributed by atoms with Crippen molar-refractivity contribution in [2.45, 2.75) is 51.0 Å². The summed E-state index contributed by atoms with van der Waals surface area (Å²) in [6.07, 6.45) is 1.12. The van der Waals surface area contributed by atoms with Gasteiger partial charge in [0.2, 0.25) is 0 Å². The average molecular weight is 607 g/mol. The number of esters is 2. The van der Waals surface area contributed by atoms with Gasteiger partial charge in [-0.3, -0.25) is 9.52 Å². The van der Waals surface area contributed by atoms with Crippen LogP contribution in [0.25, 0.3) is 0 Å². The molecule has 3 aromatic rings. The maximum absolute atomic E-state index is 13.5. The molecule has 1 amide bonds. The molecule has 13 heteroatoms. The van der Waals surface area contributed by atoms with Crippen LogP contribution < -0.4 is 10.0 Å². The maximum Gasteiger partial charge on any atom is 0.341 e. The molecule has 218 valence electrons. The van der Waals surface area contributed by atoms with E-state index in [1.54, 1.807) is 6.92 Å². The Labute approximate surface area is 239 Å². The van der Waals surface area contributed by atoms with Gasteiger partial charge in [-0.05, 0) is 81.0 Å². The van der Waals surface area contributed by atoms with Gasteiger partial charge >= 0.3 is 11.9 Å². The Bertz CT molecular complexity index is 1600. The third kappa shape index (κ3) is 6.91. The Morgan fingerprint density at radius 2 is 1.85 bits per heavy atom. The summed E-state index contributed by atoms with van der Waals surface area (Å²) in [4.78, 5) is 39.0. The van der Waals surface area contributed by atoms with Crippen LogP contribution in [0.2, 0.25) is 0 Å². The number of carbonyl (C=O) groups is 3. The molecule has 1 aromatic heterocycles. The smallest absolute Gasteiger partial charge is 0.341 e. The molecule has 0 bridgehead atoms. The average Bonchev–Trinajstić information content (AvgIpc) is 3.26. The number of nitrogens with one attached hydrogen (secondary N) is 2. The molecule has 0 saturated heterocycles. The van der Waals surface area contributed by atoms with Crippen molar-refractivity contribution in [2.75, 3.05) is 16.6 Å². The molecule has 1 heterocycles. The Balaban J connectivity index is 1.46. The number of hydrogen-bond donors (Lipinski definition) is 2. The van der Waals surface area contributed by atoms with Gasteiger partial charge in [0.25, 0.3) is 15.9 Å². The van der Waals surface area contributed by atoms with Gasteiger partial charge in [-0.2, -0.15) is 0 Å². The molecule has 0 spiro atoms. The summed E-state index contributed by atoms with van der Waals surface area (Å²) in [5, 5.41) is 3.04. The Kier molecular flexibility index (Phi) is 9.08. The third-order valence-corrected chi connectivity index (χ3v) is 8.98. The minimum Gasteiger partial charge on any atom is -0.462 e. The predicted octanol–water partition coefficient (Wildman–Crippen LogP) is 5.31. The molecule has 1 aliphatic rings. The number of carbonyl (C=O) groups excluding carboxylic acids is 3. The number of sulfonamides is 1. The lowest BCUT2D eigenvalue weighted by molar-refractivity contribution is -0.123. The van der Waals surface area contributed by atoms with Crippen molar-refractivity contribution in [1.82, 2.24) is 0 Å². The normalized spacial score (nSPS) is 15.4. The molecule has 0 aliphatic heterocycles. The van der Waals surface area contributed by atoms with E-state index in [1.165, 1.54) is 42.5 Å². The second-order valence-corrected chi connectivity index (χ2v) is 12.4. The zero-order valence-electron chi connectivity index (χ0n) is 22.5. The molecular weight excluding hydrogens is 578 g/mol. The largest absolute Gasteiger partial charge is 0.462 e. The van der Waals surface area contributed by atoms with Crippen LogP contribution in [0, 0.1) is 17.6 Å². The van der Waals surface area contributed by atoms with Gasteiger partial charge in [-0.1, -0.05) is 13.0 Å². The number of fused-ring (bicyclic) bond motifs is 1. The lowest BCUT2D eigenvalue weighted by Crippen LogP contribution is -2.30. The predicted molar refractivity (Wildman–Crippen MR) is 149 cm³/mol. The quantitative estimate of drug-likeness (QED) is 0.316. The fourth-order valence-corrected chi connectivity index (χ4v) is 6.78. The fourth-order valence-electron chi connectivity index (χ4n) is 4.32. The van der Waals surface area contributed by atoms with Crippen LogP contribution in [0.3, 0.4) is 0 Å². The minimum atomic E-state index is -4.30. The molecule has 2 atom stereocenters. The SMILES string of the molecule is CCOC(=O)c1c(NC(=O)C(C)OC(=O)c2cccc(NS(=O)(=O)c3ccc(F)c(F)c3)c2)sc2c1CCC(C)C2. The summed E-state index contributed by atoms with van der Waals surface area (Å²) in [6.45, 7) is 5.36. The summed E-state index contributed by atoms with van der Waals surface area (Å²) in [5.41, 5.74) is 1.09. The molecule has 2 unspecified atom stereocenters. The zero-order chi connectivity index (χ0) is 29.9. The number of amides is 1. The van der Waals surface area contributed by atoms with Crippen LogP contribution >= 0.6 is 11.3 Å². The van der Waals surface area contributed by atoms with Crippen molar-refractivity contribution >= 4 is 49.9 Å². The number of halogens is 2. The highest BCUT2D eigenvalue weighted by Gasteiger charge is 2.30. The summed E-state index contributed by atoms with van der Waals surface area (Å²) in [5.74, 6) is -4.18. The van der Waals surface area contributed by atoms with Gasteiger partial charge in [0.05, 0.1) is 22.6 Å². The van der Waals surface area contributed by atoms with Crippen LogP contribution in [0.15, 0.2) is 47.4 Å². The van der Waals surface area contributed by atoms with Crippen molar-refractivity contribution in [3.63, 3.8) is 0 Å². The van der Waals surface area contributed by atoms with Crippen molar-refractivity contribution in [2.24, 2.45) is 5.92 Å². The van der Waals surface area contributed by atoms with Gasteiger partial charge in [0.1, 0.15) is 5.00 Å². The maximum atomic E-state index is 13.5. The number of thiophene rings is 1. The summed E-state index contributed by atoms with van der Waals surface area (Å²) >= 11 is 1.31. The van der Waals surface area contributed by atoms with Crippen LogP contribution in [-0.2, 0) is 37.1 Å². The molecule has 9 nitrogen and oxygen atoms in total. The topological polar surface area (TPSA) is 128 Å². The highest BCUT2D eigenvalue weighted by atomic mass is 32.2. The van der Waals surface area contributed by atoms with E-state index in [1.807, 2.05) is 0 Å². The van der Waals surface area contributed by atoms with Gasteiger partial charge in [-0.15, -0.1) is 11.3 Å². The molecular formula is C28H28F2N2O7S2. The molecule has 0 fully saturated rings. The minimum absolute atomic E-state index is 0.0428. The Morgan fingerprint density at radius 1 is 1.10 bits per heavy atom. The molecule has 4 rings (SSSR count). The van der Waals surface area contributed by atoms with Crippen molar-refractivity contribution in [1.29, 1.82) is 0 Å². The second kappa shape index (κ2) is 12.4. The summed E-state index contributed by atoms with van der Waals surface area (Å²) in [7, 11) is -4.30. The first-order chi connectivity index (χ1) is 19.4. The van der Waals surface area contributed by atoms with E-state index in [0.29, 0.717) is 35.0 Å². The first kappa shape index (κ1) is 30.1. The third-order valence-electron chi connectivity index (χ3n) is 6.43. The first-order valence-electron chi connectivity index (χ1n) is 12.8. The highest BCUT2D eigenvalue weighted by Crippen LogP contribution is 2.40.